The number of para-hydroxylation sites is 1. The number of sulfonamides is 1. The van der Waals surface area contributed by atoms with Gasteiger partial charge in [0, 0.05) is 0 Å². The van der Waals surface area contributed by atoms with E-state index in [1.807, 2.05) is 27.7 Å². The molecule has 0 aliphatic carbocycles. The minimum atomic E-state index is -4.12. The number of primary sulfonamides is 1. The molecule has 2 aromatic rings. The highest BCUT2D eigenvalue weighted by atomic mass is 32.2. The zero-order valence-electron chi connectivity index (χ0n) is 17.7. The second kappa shape index (κ2) is 15.1. The smallest absolute Gasteiger partial charge is 0.335 e. The maximum Gasteiger partial charge on any atom is 0.335 e. The molecule has 0 amide bonds. The van der Waals surface area contributed by atoms with Crippen LogP contribution in [-0.2, 0) is 10.0 Å². The van der Waals surface area contributed by atoms with E-state index >= 15 is 0 Å². The molecule has 0 aliphatic rings. The lowest BCUT2D eigenvalue weighted by molar-refractivity contribution is 0.0696. The summed E-state index contributed by atoms with van der Waals surface area (Å²) < 4.78 is 28.9. The predicted molar refractivity (Wildman–Crippen MR) is 119 cm³/mol. The van der Waals surface area contributed by atoms with Crippen molar-refractivity contribution < 1.29 is 23.1 Å². The third-order valence-corrected chi connectivity index (χ3v) is 3.67. The SMILES string of the molecule is C=CC.C=CC.CC.Cc1cc(C(=O)O)cc(S(N)(=O)=O)c1Oc1ccccc1. The van der Waals surface area contributed by atoms with Crippen LogP contribution >= 0.6 is 0 Å². The topological polar surface area (TPSA) is 107 Å². The van der Waals surface area contributed by atoms with Crippen LogP contribution in [0.15, 0.2) is 72.7 Å². The molecule has 0 aromatic heterocycles. The molecule has 0 fully saturated rings. The molecule has 0 radical (unpaired) electrons. The summed E-state index contributed by atoms with van der Waals surface area (Å²) in [6.45, 7) is 16.1. The normalized spacial score (nSPS) is 9.17. The number of carbonyl (C=O) groups is 1. The first-order valence-corrected chi connectivity index (χ1v) is 10.4. The number of aromatic carboxylic acids is 1. The van der Waals surface area contributed by atoms with Crippen LogP contribution in [-0.4, -0.2) is 19.5 Å². The number of hydrogen-bond donors (Lipinski definition) is 2. The van der Waals surface area contributed by atoms with Gasteiger partial charge in [-0.25, -0.2) is 18.4 Å². The monoisotopic (exact) mass is 421 g/mol. The second-order valence-corrected chi connectivity index (χ2v) is 6.73. The second-order valence-electron chi connectivity index (χ2n) is 5.20. The Kier molecular flexibility index (Phi) is 14.7. The minimum absolute atomic E-state index is 0.0219. The van der Waals surface area contributed by atoms with Gasteiger partial charge in [-0.1, -0.05) is 44.2 Å². The number of carboxylic acid groups (broad SMARTS) is 1. The number of aryl methyl sites for hydroxylation is 1. The Labute approximate surface area is 174 Å². The molecule has 0 aliphatic heterocycles. The van der Waals surface area contributed by atoms with E-state index in [1.54, 1.807) is 49.4 Å². The lowest BCUT2D eigenvalue weighted by Gasteiger charge is -2.13. The molecule has 6 nitrogen and oxygen atoms in total. The molecule has 0 atom stereocenters. The van der Waals surface area contributed by atoms with Gasteiger partial charge in [0.2, 0.25) is 10.0 Å². The highest BCUT2D eigenvalue weighted by Gasteiger charge is 2.21. The number of allylic oxidation sites excluding steroid dienone is 2. The zero-order valence-corrected chi connectivity index (χ0v) is 18.5. The van der Waals surface area contributed by atoms with E-state index in [2.05, 4.69) is 13.2 Å². The number of rotatable bonds is 4. The van der Waals surface area contributed by atoms with E-state index in [4.69, 9.17) is 15.0 Å². The minimum Gasteiger partial charge on any atom is -0.478 e. The van der Waals surface area contributed by atoms with Gasteiger partial charge in [-0.3, -0.25) is 0 Å². The van der Waals surface area contributed by atoms with Crippen LogP contribution in [0.3, 0.4) is 0 Å². The number of nitrogens with two attached hydrogens (primary N) is 1. The van der Waals surface area contributed by atoms with Crippen LogP contribution in [0.4, 0.5) is 0 Å². The Hall–Kier alpha value is -2.90. The maximum atomic E-state index is 11.7. The van der Waals surface area contributed by atoms with Gasteiger partial charge >= 0.3 is 5.97 Å². The average Bonchev–Trinajstić information content (AvgIpc) is 2.66. The Balaban J connectivity index is 0. The molecule has 0 spiro atoms. The van der Waals surface area contributed by atoms with E-state index in [0.29, 0.717) is 11.3 Å². The molecule has 0 heterocycles. The highest BCUT2D eigenvalue weighted by molar-refractivity contribution is 7.89. The van der Waals surface area contributed by atoms with Crippen LogP contribution < -0.4 is 9.88 Å². The molecule has 0 bridgehead atoms. The van der Waals surface area contributed by atoms with Crippen LogP contribution in [0.25, 0.3) is 0 Å². The lowest BCUT2D eigenvalue weighted by atomic mass is 10.1. The van der Waals surface area contributed by atoms with Gasteiger partial charge in [0.15, 0.2) is 0 Å². The summed E-state index contributed by atoms with van der Waals surface area (Å²) in [7, 11) is -4.12. The molecule has 3 N–H and O–H groups in total. The van der Waals surface area contributed by atoms with Crippen LogP contribution in [0.1, 0.15) is 43.6 Å². The Morgan fingerprint density at radius 1 is 1.07 bits per heavy atom. The van der Waals surface area contributed by atoms with Gasteiger partial charge in [-0.2, -0.15) is 0 Å². The molecule has 29 heavy (non-hydrogen) atoms. The largest absolute Gasteiger partial charge is 0.478 e. The van der Waals surface area contributed by atoms with E-state index < -0.39 is 16.0 Å². The van der Waals surface area contributed by atoms with Crippen molar-refractivity contribution in [3.63, 3.8) is 0 Å². The van der Waals surface area contributed by atoms with Crippen molar-refractivity contribution in [3.05, 3.63) is 78.9 Å². The summed E-state index contributed by atoms with van der Waals surface area (Å²) >= 11 is 0. The standard InChI is InChI=1S/C14H13NO5S.2C3H6.C2H6/c1-9-7-10(14(16)17)8-12(21(15,18)19)13(9)20-11-5-3-2-4-6-11;2*1-3-2;1-2/h2-8H,1H3,(H,16,17)(H2,15,18,19);2*3H,1H2,2H3;1-2H3. The fraction of sp³-hybridized carbons (Fsp3) is 0.227. The first-order valence-electron chi connectivity index (χ1n) is 8.90. The Bertz CT molecular complexity index is 870. The first kappa shape index (κ1) is 28.3. The van der Waals surface area contributed by atoms with Gasteiger partial charge in [0.25, 0.3) is 0 Å². The van der Waals surface area contributed by atoms with Gasteiger partial charge in [-0.05, 0) is 50.6 Å². The van der Waals surface area contributed by atoms with Crippen molar-refractivity contribution in [1.29, 1.82) is 0 Å². The van der Waals surface area contributed by atoms with Crippen molar-refractivity contribution in [2.75, 3.05) is 0 Å². The van der Waals surface area contributed by atoms with E-state index in [9.17, 15) is 13.2 Å². The maximum absolute atomic E-state index is 11.7. The van der Waals surface area contributed by atoms with Crippen molar-refractivity contribution >= 4 is 16.0 Å². The summed E-state index contributed by atoms with van der Waals surface area (Å²) in [5.74, 6) is -0.795. The number of benzene rings is 2. The van der Waals surface area contributed by atoms with Crippen LogP contribution in [0.5, 0.6) is 11.5 Å². The molecule has 0 unspecified atom stereocenters. The van der Waals surface area contributed by atoms with Gasteiger partial charge in [-0.15, -0.1) is 13.2 Å². The molecule has 0 saturated carbocycles. The summed E-state index contributed by atoms with van der Waals surface area (Å²) in [5, 5.41) is 14.2. The number of carboxylic acids is 1. The zero-order chi connectivity index (χ0) is 23.0. The fourth-order valence-electron chi connectivity index (χ4n) is 1.81. The third kappa shape index (κ3) is 10.9. The van der Waals surface area contributed by atoms with Gasteiger partial charge < -0.3 is 9.84 Å². The predicted octanol–water partition coefficient (Wildman–Crippen LogP) is 5.54. The van der Waals surface area contributed by atoms with Crippen molar-refractivity contribution in [1.82, 2.24) is 0 Å². The van der Waals surface area contributed by atoms with Gasteiger partial charge in [0.1, 0.15) is 16.4 Å². The molecule has 0 saturated heterocycles. The molecular formula is C22H31NO5S. The summed E-state index contributed by atoms with van der Waals surface area (Å²) in [4.78, 5) is 10.7. The third-order valence-electron chi connectivity index (χ3n) is 2.76. The van der Waals surface area contributed by atoms with Crippen LogP contribution in [0, 0.1) is 6.92 Å². The molecule has 2 aromatic carbocycles. The number of ether oxygens (including phenoxy) is 1. The highest BCUT2D eigenvalue weighted by Crippen LogP contribution is 2.32. The Morgan fingerprint density at radius 2 is 1.52 bits per heavy atom. The Morgan fingerprint density at radius 3 is 1.90 bits per heavy atom. The van der Waals surface area contributed by atoms with E-state index in [1.165, 1.54) is 6.07 Å². The lowest BCUT2D eigenvalue weighted by Crippen LogP contribution is -2.15. The fourth-order valence-corrected chi connectivity index (χ4v) is 2.57. The van der Waals surface area contributed by atoms with Crippen molar-refractivity contribution in [2.45, 2.75) is 39.5 Å². The quantitative estimate of drug-likeness (QED) is 0.630. The summed E-state index contributed by atoms with van der Waals surface area (Å²) in [5.41, 5.74) is 0.194. The van der Waals surface area contributed by atoms with Crippen LogP contribution in [0.2, 0.25) is 0 Å². The number of hydrogen-bond acceptors (Lipinski definition) is 4. The molecule has 160 valence electrons. The summed E-state index contributed by atoms with van der Waals surface area (Å²) in [6, 6.07) is 10.9. The first-order chi connectivity index (χ1) is 13.6. The molecular weight excluding hydrogens is 390 g/mol. The van der Waals surface area contributed by atoms with Gasteiger partial charge in [0.05, 0.1) is 5.56 Å². The molecule has 2 rings (SSSR count). The van der Waals surface area contributed by atoms with Crippen molar-refractivity contribution in [3.8, 4) is 11.5 Å². The molecule has 7 heteroatoms. The van der Waals surface area contributed by atoms with E-state index in [-0.39, 0.29) is 16.2 Å². The van der Waals surface area contributed by atoms with Crippen molar-refractivity contribution in [2.24, 2.45) is 5.14 Å². The van der Waals surface area contributed by atoms with E-state index in [0.717, 1.165) is 6.07 Å². The average molecular weight is 422 g/mol. The summed E-state index contributed by atoms with van der Waals surface area (Å²) in [6.07, 6.45) is 3.50.